The molecule has 0 aromatic heterocycles. The van der Waals surface area contributed by atoms with Gasteiger partial charge in [-0.05, 0) is 13.0 Å². The number of rotatable bonds is 2. The molecule has 1 aromatic carbocycles. The molecule has 0 unspecified atom stereocenters. The van der Waals surface area contributed by atoms with Gasteiger partial charge in [0.1, 0.15) is 5.75 Å². The number of ether oxygens (including phenoxy) is 1. The van der Waals surface area contributed by atoms with Crippen LogP contribution in [0.3, 0.4) is 0 Å². The number of carbonyl (C=O) groups excluding carboxylic acids is 1. The van der Waals surface area contributed by atoms with Crippen molar-refractivity contribution in [2.45, 2.75) is 6.92 Å². The van der Waals surface area contributed by atoms with Crippen LogP contribution < -0.4 is 4.74 Å². The molecule has 13 heavy (non-hydrogen) atoms. The molecule has 1 aromatic rings. The number of methoxy groups -OCH3 is 1. The highest BCUT2D eigenvalue weighted by Crippen LogP contribution is 2.37. The molecule has 2 N–H and O–H groups in total. The lowest BCUT2D eigenvalue weighted by molar-refractivity contribution is 0.112. The molecule has 0 radical (unpaired) electrons. The van der Waals surface area contributed by atoms with Gasteiger partial charge in [-0.1, -0.05) is 0 Å². The monoisotopic (exact) mass is 182 g/mol. The molecule has 0 fully saturated rings. The van der Waals surface area contributed by atoms with Crippen molar-refractivity contribution in [2.24, 2.45) is 0 Å². The lowest BCUT2D eigenvalue weighted by atomic mass is 10.1. The lowest BCUT2D eigenvalue weighted by Gasteiger charge is -2.09. The van der Waals surface area contributed by atoms with Crippen molar-refractivity contribution < 1.29 is 19.7 Å². The zero-order valence-electron chi connectivity index (χ0n) is 7.37. The summed E-state index contributed by atoms with van der Waals surface area (Å²) in [7, 11) is 1.38. The summed E-state index contributed by atoms with van der Waals surface area (Å²) in [6.45, 7) is 1.56. The minimum atomic E-state index is -0.162. The van der Waals surface area contributed by atoms with Crippen molar-refractivity contribution in [3.05, 3.63) is 17.2 Å². The first-order valence-corrected chi connectivity index (χ1v) is 3.66. The van der Waals surface area contributed by atoms with Crippen LogP contribution in [0.1, 0.15) is 15.9 Å². The number of phenolic OH excluding ortho intramolecular Hbond substituents is 2. The molecule has 0 amide bonds. The average molecular weight is 182 g/mol. The minimum Gasteiger partial charge on any atom is -0.507 e. The smallest absolute Gasteiger partial charge is 0.167 e. The van der Waals surface area contributed by atoms with Gasteiger partial charge in [0.15, 0.2) is 17.8 Å². The van der Waals surface area contributed by atoms with E-state index < -0.39 is 0 Å². The molecule has 0 aliphatic carbocycles. The molecule has 0 spiro atoms. The van der Waals surface area contributed by atoms with Crippen molar-refractivity contribution in [3.8, 4) is 17.2 Å². The molecule has 0 saturated heterocycles. The van der Waals surface area contributed by atoms with Crippen LogP contribution in [0.15, 0.2) is 6.07 Å². The fourth-order valence-corrected chi connectivity index (χ4v) is 1.14. The topological polar surface area (TPSA) is 66.8 Å². The van der Waals surface area contributed by atoms with Crippen LogP contribution in [0.5, 0.6) is 17.2 Å². The number of aromatic hydroxyl groups is 2. The second-order valence-corrected chi connectivity index (χ2v) is 2.61. The first-order valence-electron chi connectivity index (χ1n) is 3.66. The largest absolute Gasteiger partial charge is 0.507 e. The van der Waals surface area contributed by atoms with E-state index in [4.69, 9.17) is 4.74 Å². The van der Waals surface area contributed by atoms with Gasteiger partial charge in [0.2, 0.25) is 0 Å². The average Bonchev–Trinajstić information content (AvgIpc) is 2.12. The van der Waals surface area contributed by atoms with Crippen LogP contribution in [0.25, 0.3) is 0 Å². The summed E-state index contributed by atoms with van der Waals surface area (Å²) in [4.78, 5) is 10.4. The molecule has 4 heteroatoms. The molecule has 1 rings (SSSR count). The molecular formula is C9H10O4. The van der Waals surface area contributed by atoms with E-state index >= 15 is 0 Å². The van der Waals surface area contributed by atoms with Gasteiger partial charge < -0.3 is 14.9 Å². The van der Waals surface area contributed by atoms with E-state index in [-0.39, 0.29) is 22.8 Å². The predicted molar refractivity (Wildman–Crippen MR) is 46.4 cm³/mol. The summed E-state index contributed by atoms with van der Waals surface area (Å²) in [6.07, 6.45) is 0.474. The summed E-state index contributed by atoms with van der Waals surface area (Å²) in [6, 6.07) is 1.16. The van der Waals surface area contributed by atoms with Gasteiger partial charge in [-0.3, -0.25) is 4.79 Å². The SMILES string of the molecule is COc1c(O)cc(C=O)c(O)c1C. The zero-order valence-corrected chi connectivity index (χ0v) is 7.37. The van der Waals surface area contributed by atoms with Crippen molar-refractivity contribution in [1.29, 1.82) is 0 Å². The third kappa shape index (κ3) is 1.42. The van der Waals surface area contributed by atoms with Crippen LogP contribution in [-0.4, -0.2) is 23.6 Å². The maximum Gasteiger partial charge on any atom is 0.167 e. The van der Waals surface area contributed by atoms with E-state index in [0.29, 0.717) is 11.8 Å². The first-order chi connectivity index (χ1) is 6.11. The molecule has 70 valence electrons. The Labute approximate surface area is 75.4 Å². The standard InChI is InChI=1S/C9H10O4/c1-5-8(12)6(4-10)3-7(11)9(5)13-2/h3-4,11-12H,1-2H3. The quantitative estimate of drug-likeness (QED) is 0.533. The highest BCUT2D eigenvalue weighted by atomic mass is 16.5. The van der Waals surface area contributed by atoms with Crippen molar-refractivity contribution >= 4 is 6.29 Å². The Bertz CT molecular complexity index is 344. The van der Waals surface area contributed by atoms with E-state index in [1.54, 1.807) is 6.92 Å². The van der Waals surface area contributed by atoms with Gasteiger partial charge in [-0.25, -0.2) is 0 Å². The number of carbonyl (C=O) groups is 1. The molecule has 0 saturated carbocycles. The Hall–Kier alpha value is -1.71. The van der Waals surface area contributed by atoms with Crippen molar-refractivity contribution in [3.63, 3.8) is 0 Å². The van der Waals surface area contributed by atoms with Crippen molar-refractivity contribution in [2.75, 3.05) is 7.11 Å². The number of phenols is 2. The fourth-order valence-electron chi connectivity index (χ4n) is 1.14. The van der Waals surface area contributed by atoms with Crippen LogP contribution in [0.2, 0.25) is 0 Å². The molecule has 4 nitrogen and oxygen atoms in total. The van der Waals surface area contributed by atoms with Gasteiger partial charge in [0, 0.05) is 5.56 Å². The number of hydrogen-bond donors (Lipinski definition) is 2. The van der Waals surface area contributed by atoms with E-state index in [1.807, 2.05) is 0 Å². The maximum absolute atomic E-state index is 10.4. The second-order valence-electron chi connectivity index (χ2n) is 2.61. The first kappa shape index (κ1) is 9.38. The van der Waals surface area contributed by atoms with Gasteiger partial charge in [0.25, 0.3) is 0 Å². The number of hydrogen-bond acceptors (Lipinski definition) is 4. The Morgan fingerprint density at radius 2 is 2.08 bits per heavy atom. The second kappa shape index (κ2) is 3.35. The van der Waals surface area contributed by atoms with E-state index in [2.05, 4.69) is 0 Å². The number of aldehydes is 1. The third-order valence-corrected chi connectivity index (χ3v) is 1.83. The van der Waals surface area contributed by atoms with E-state index in [9.17, 15) is 15.0 Å². The molecule has 0 aliphatic heterocycles. The molecule has 0 bridgehead atoms. The predicted octanol–water partition coefficient (Wildman–Crippen LogP) is 1.23. The Balaban J connectivity index is 3.45. The maximum atomic E-state index is 10.4. The van der Waals surface area contributed by atoms with Crippen molar-refractivity contribution in [1.82, 2.24) is 0 Å². The third-order valence-electron chi connectivity index (χ3n) is 1.83. The van der Waals surface area contributed by atoms with E-state index in [0.717, 1.165) is 6.07 Å². The van der Waals surface area contributed by atoms with Crippen LogP contribution in [0, 0.1) is 6.92 Å². The summed E-state index contributed by atoms with van der Waals surface area (Å²) in [5.74, 6) is -0.132. The summed E-state index contributed by atoms with van der Waals surface area (Å²) in [5, 5.41) is 18.7. The number of benzene rings is 1. The van der Waals surface area contributed by atoms with Gasteiger partial charge in [-0.15, -0.1) is 0 Å². The molecule has 0 atom stereocenters. The van der Waals surface area contributed by atoms with Crippen LogP contribution in [-0.2, 0) is 0 Å². The molecule has 0 aliphatic rings. The highest BCUT2D eigenvalue weighted by Gasteiger charge is 2.13. The zero-order chi connectivity index (χ0) is 10.0. The summed E-state index contributed by atoms with van der Waals surface area (Å²) < 4.78 is 4.83. The lowest BCUT2D eigenvalue weighted by Crippen LogP contribution is -1.92. The van der Waals surface area contributed by atoms with Gasteiger partial charge in [0.05, 0.1) is 12.7 Å². The highest BCUT2D eigenvalue weighted by molar-refractivity contribution is 5.82. The van der Waals surface area contributed by atoms with Crippen LogP contribution in [0.4, 0.5) is 0 Å². The van der Waals surface area contributed by atoms with Gasteiger partial charge >= 0.3 is 0 Å². The Kier molecular flexibility index (Phi) is 2.41. The summed E-state index contributed by atoms with van der Waals surface area (Å²) in [5.41, 5.74) is 0.403. The normalized spacial score (nSPS) is 9.69. The fraction of sp³-hybridized carbons (Fsp3) is 0.222. The molecular weight excluding hydrogens is 172 g/mol. The Morgan fingerprint density at radius 1 is 1.46 bits per heavy atom. The van der Waals surface area contributed by atoms with E-state index in [1.165, 1.54) is 7.11 Å². The summed E-state index contributed by atoms with van der Waals surface area (Å²) >= 11 is 0. The molecule has 0 heterocycles. The Morgan fingerprint density at radius 3 is 2.54 bits per heavy atom. The van der Waals surface area contributed by atoms with Crippen LogP contribution >= 0.6 is 0 Å². The van der Waals surface area contributed by atoms with Gasteiger partial charge in [-0.2, -0.15) is 0 Å². The minimum absolute atomic E-state index is 0.0517.